The van der Waals surface area contributed by atoms with E-state index in [-0.39, 0.29) is 35.8 Å². The van der Waals surface area contributed by atoms with Crippen molar-refractivity contribution in [3.63, 3.8) is 0 Å². The second-order valence-corrected chi connectivity index (χ2v) is 9.93. The van der Waals surface area contributed by atoms with E-state index >= 15 is 0 Å². The number of aryl methyl sites for hydroxylation is 2. The summed E-state index contributed by atoms with van der Waals surface area (Å²) in [5.41, 5.74) is 2.49. The lowest BCUT2D eigenvalue weighted by atomic mass is 9.87. The molecule has 1 aromatic heterocycles. The fraction of sp³-hybridized carbons (Fsp3) is 0.273. The van der Waals surface area contributed by atoms with Crippen LogP contribution >= 0.6 is 0 Å². The standard InChI is InChI=1S/C33H35NO8/c1-21-18-29(37)32(33(39)34(21)16-14-23-10-13-27(35)28(36)19-23)26(20-31(38)41-3)25-6-4-5-7-30(25)42-17-15-22-8-11-24(40-2)12-9-22/h4-13,18-19,26,35-37H,14-17,20H2,1-3H3/t26-/m1/s1. The average Bonchev–Trinajstić information content (AvgIpc) is 2.98. The third-order valence-electron chi connectivity index (χ3n) is 7.24. The van der Waals surface area contributed by atoms with Gasteiger partial charge in [-0.15, -0.1) is 0 Å². The highest BCUT2D eigenvalue weighted by Crippen LogP contribution is 2.37. The Morgan fingerprint density at radius 1 is 0.857 bits per heavy atom. The highest BCUT2D eigenvalue weighted by Gasteiger charge is 2.29. The zero-order valence-corrected chi connectivity index (χ0v) is 23.9. The number of nitrogens with zero attached hydrogens (tertiary/aromatic N) is 1. The number of para-hydroxylation sites is 1. The van der Waals surface area contributed by atoms with E-state index < -0.39 is 17.4 Å². The molecule has 220 valence electrons. The summed E-state index contributed by atoms with van der Waals surface area (Å²) < 4.78 is 17.9. The molecule has 1 heterocycles. The van der Waals surface area contributed by atoms with Gasteiger partial charge in [0.05, 0.1) is 32.8 Å². The van der Waals surface area contributed by atoms with Gasteiger partial charge in [-0.25, -0.2) is 0 Å². The number of phenolic OH excluding ortho intramolecular Hbond substituents is 2. The first-order valence-corrected chi connectivity index (χ1v) is 13.6. The summed E-state index contributed by atoms with van der Waals surface area (Å²) >= 11 is 0. The maximum absolute atomic E-state index is 13.9. The van der Waals surface area contributed by atoms with E-state index in [1.807, 2.05) is 30.3 Å². The van der Waals surface area contributed by atoms with Gasteiger partial charge in [-0.05, 0) is 60.9 Å². The molecule has 0 aliphatic heterocycles. The van der Waals surface area contributed by atoms with Crippen molar-refractivity contribution in [3.8, 4) is 28.7 Å². The predicted molar refractivity (Wildman–Crippen MR) is 158 cm³/mol. The fourth-order valence-corrected chi connectivity index (χ4v) is 4.93. The van der Waals surface area contributed by atoms with Crippen molar-refractivity contribution >= 4 is 5.97 Å². The molecule has 42 heavy (non-hydrogen) atoms. The molecule has 0 unspecified atom stereocenters. The van der Waals surface area contributed by atoms with E-state index in [9.17, 15) is 24.9 Å². The SMILES string of the molecule is COC(=O)C[C@H](c1ccccc1OCCc1ccc(OC)cc1)c1c(O)cc(C)n(CCc2ccc(O)c(O)c2)c1=O. The molecular weight excluding hydrogens is 538 g/mol. The van der Waals surface area contributed by atoms with Gasteiger partial charge in [-0.3, -0.25) is 9.59 Å². The Balaban J connectivity index is 1.66. The number of carbonyl (C=O) groups is 1. The van der Waals surface area contributed by atoms with E-state index in [0.717, 1.165) is 11.3 Å². The lowest BCUT2D eigenvalue weighted by molar-refractivity contribution is -0.140. The van der Waals surface area contributed by atoms with Crippen LogP contribution in [-0.4, -0.2) is 46.7 Å². The summed E-state index contributed by atoms with van der Waals surface area (Å²) in [6, 6.07) is 20.8. The maximum Gasteiger partial charge on any atom is 0.306 e. The topological polar surface area (TPSA) is 127 Å². The van der Waals surface area contributed by atoms with E-state index in [1.54, 1.807) is 38.3 Å². The van der Waals surface area contributed by atoms with Crippen LogP contribution < -0.4 is 15.0 Å². The average molecular weight is 574 g/mol. The highest BCUT2D eigenvalue weighted by atomic mass is 16.5. The first-order valence-electron chi connectivity index (χ1n) is 13.6. The van der Waals surface area contributed by atoms with Crippen molar-refractivity contribution in [3.05, 3.63) is 111 Å². The Morgan fingerprint density at radius 2 is 1.57 bits per heavy atom. The van der Waals surface area contributed by atoms with Crippen LogP contribution in [0.15, 0.2) is 77.6 Å². The lowest BCUT2D eigenvalue weighted by Crippen LogP contribution is -2.29. The number of esters is 1. The number of phenols is 2. The largest absolute Gasteiger partial charge is 0.507 e. The normalized spacial score (nSPS) is 11.6. The van der Waals surface area contributed by atoms with Gasteiger partial charge in [0, 0.05) is 30.1 Å². The number of methoxy groups -OCH3 is 2. The number of benzene rings is 3. The summed E-state index contributed by atoms with van der Waals surface area (Å²) in [7, 11) is 2.89. The first kappa shape index (κ1) is 30.0. The number of ether oxygens (including phenoxy) is 3. The smallest absolute Gasteiger partial charge is 0.306 e. The Morgan fingerprint density at radius 3 is 2.26 bits per heavy atom. The predicted octanol–water partition coefficient (Wildman–Crippen LogP) is 4.84. The number of pyridine rings is 1. The number of carbonyl (C=O) groups excluding carboxylic acids is 1. The van der Waals surface area contributed by atoms with Gasteiger partial charge in [-0.1, -0.05) is 36.4 Å². The van der Waals surface area contributed by atoms with Crippen LogP contribution in [0.5, 0.6) is 28.7 Å². The van der Waals surface area contributed by atoms with Crippen LogP contribution in [0.4, 0.5) is 0 Å². The third-order valence-corrected chi connectivity index (χ3v) is 7.24. The van der Waals surface area contributed by atoms with Crippen LogP contribution in [0.3, 0.4) is 0 Å². The molecule has 0 saturated carbocycles. The van der Waals surface area contributed by atoms with Crippen molar-refractivity contribution < 1.29 is 34.3 Å². The number of hydrogen-bond acceptors (Lipinski definition) is 8. The first-order chi connectivity index (χ1) is 20.2. The van der Waals surface area contributed by atoms with Gasteiger partial charge < -0.3 is 34.1 Å². The van der Waals surface area contributed by atoms with E-state index in [4.69, 9.17) is 14.2 Å². The van der Waals surface area contributed by atoms with Crippen molar-refractivity contribution in [1.82, 2.24) is 4.57 Å². The third kappa shape index (κ3) is 7.04. The van der Waals surface area contributed by atoms with Crippen LogP contribution in [0, 0.1) is 6.92 Å². The minimum atomic E-state index is -0.841. The monoisotopic (exact) mass is 573 g/mol. The van der Waals surface area contributed by atoms with E-state index in [2.05, 4.69) is 0 Å². The van der Waals surface area contributed by atoms with Crippen molar-refractivity contribution in [2.75, 3.05) is 20.8 Å². The molecule has 0 spiro atoms. The molecule has 4 aromatic rings. The molecule has 9 nitrogen and oxygen atoms in total. The Kier molecular flexibility index (Phi) is 9.75. The molecule has 0 saturated heterocycles. The molecule has 4 rings (SSSR count). The minimum absolute atomic E-state index is 0.0609. The van der Waals surface area contributed by atoms with Crippen LogP contribution in [-0.2, 0) is 28.9 Å². The second-order valence-electron chi connectivity index (χ2n) is 9.93. The van der Waals surface area contributed by atoms with Gasteiger partial charge in [0.1, 0.15) is 17.2 Å². The van der Waals surface area contributed by atoms with E-state index in [1.165, 1.54) is 29.9 Å². The Labute approximate surface area is 244 Å². The summed E-state index contributed by atoms with van der Waals surface area (Å²) in [6.45, 7) is 2.30. The molecule has 3 N–H and O–H groups in total. The van der Waals surface area contributed by atoms with Crippen molar-refractivity contribution in [1.29, 1.82) is 0 Å². The van der Waals surface area contributed by atoms with Crippen molar-refractivity contribution in [2.45, 2.75) is 38.6 Å². The number of hydrogen-bond donors (Lipinski definition) is 3. The Bertz CT molecular complexity index is 1590. The zero-order valence-electron chi connectivity index (χ0n) is 23.9. The summed E-state index contributed by atoms with van der Waals surface area (Å²) in [5, 5.41) is 30.5. The minimum Gasteiger partial charge on any atom is -0.507 e. The van der Waals surface area contributed by atoms with Gasteiger partial charge in [0.25, 0.3) is 5.56 Å². The molecule has 1 atom stereocenters. The van der Waals surface area contributed by atoms with Crippen LogP contribution in [0.2, 0.25) is 0 Å². The maximum atomic E-state index is 13.9. The van der Waals surface area contributed by atoms with Gasteiger partial charge >= 0.3 is 5.97 Å². The quantitative estimate of drug-likeness (QED) is 0.162. The molecule has 0 aliphatic rings. The molecule has 0 bridgehead atoms. The lowest BCUT2D eigenvalue weighted by Gasteiger charge is -2.22. The van der Waals surface area contributed by atoms with Gasteiger partial charge in [0.2, 0.25) is 0 Å². The second kappa shape index (κ2) is 13.6. The van der Waals surface area contributed by atoms with Gasteiger partial charge in [-0.2, -0.15) is 0 Å². The number of aromatic nitrogens is 1. The summed E-state index contributed by atoms with van der Waals surface area (Å²) in [5.74, 6) is -0.826. The number of rotatable bonds is 12. The zero-order chi connectivity index (χ0) is 30.2. The highest BCUT2D eigenvalue weighted by molar-refractivity contribution is 5.72. The fourth-order valence-electron chi connectivity index (χ4n) is 4.93. The molecule has 0 aliphatic carbocycles. The summed E-state index contributed by atoms with van der Waals surface area (Å²) in [6.07, 6.45) is 0.813. The van der Waals surface area contributed by atoms with Crippen molar-refractivity contribution in [2.24, 2.45) is 0 Å². The van der Waals surface area contributed by atoms with E-state index in [0.29, 0.717) is 42.0 Å². The molecule has 3 aromatic carbocycles. The van der Waals surface area contributed by atoms with Crippen LogP contribution in [0.25, 0.3) is 0 Å². The molecule has 0 amide bonds. The molecule has 0 radical (unpaired) electrons. The van der Waals surface area contributed by atoms with Crippen LogP contribution in [0.1, 0.15) is 40.3 Å². The number of aromatic hydroxyl groups is 3. The molecular formula is C33H35NO8. The molecule has 9 heteroatoms. The molecule has 0 fully saturated rings. The summed E-state index contributed by atoms with van der Waals surface area (Å²) in [4.78, 5) is 26.5. The Hall–Kier alpha value is -4.92. The van der Waals surface area contributed by atoms with Gasteiger partial charge in [0.15, 0.2) is 11.5 Å².